The maximum absolute atomic E-state index is 10.0. The van der Waals surface area contributed by atoms with E-state index in [2.05, 4.69) is 0 Å². The summed E-state index contributed by atoms with van der Waals surface area (Å²) in [4.78, 5) is 10.0. The van der Waals surface area contributed by atoms with Gasteiger partial charge in [-0.25, -0.2) is 0 Å². The molecule has 0 aliphatic rings. The molecule has 0 unspecified atom stereocenters. The van der Waals surface area contributed by atoms with Gasteiger partial charge in [-0.2, -0.15) is 0 Å². The first-order valence-corrected chi connectivity index (χ1v) is 11.8. The molecule has 48 valence electrons. The van der Waals surface area contributed by atoms with Gasteiger partial charge in [0.25, 0.3) is 0 Å². The van der Waals surface area contributed by atoms with Gasteiger partial charge >= 0.3 is 67.4 Å². The normalized spacial score (nSPS) is 11.5. The topological polar surface area (TPSA) is 17.1 Å². The fourth-order valence-corrected chi connectivity index (χ4v) is 4.82. The van der Waals surface area contributed by atoms with Crippen LogP contribution in [0.5, 0.6) is 0 Å². The van der Waals surface area contributed by atoms with Crippen LogP contribution in [0.15, 0.2) is 0 Å². The summed E-state index contributed by atoms with van der Waals surface area (Å²) in [5.74, 6) is 0. The van der Waals surface area contributed by atoms with Gasteiger partial charge in [0.2, 0.25) is 0 Å². The molecule has 1 nitrogen and oxygen atoms in total. The zero-order valence-corrected chi connectivity index (χ0v) is 8.75. The summed E-state index contributed by atoms with van der Waals surface area (Å²) >= 11 is 4.92. The van der Waals surface area contributed by atoms with Crippen molar-refractivity contribution in [3.05, 3.63) is 0 Å². The number of carbonyl (C=O) groups excluding carboxylic acids is 1. The number of carbonyl (C=O) groups is 1. The Kier molecular flexibility index (Phi) is 4.12. The van der Waals surface area contributed by atoms with E-state index < -0.39 is 15.7 Å². The molecule has 0 rings (SSSR count). The second kappa shape index (κ2) is 3.52. The van der Waals surface area contributed by atoms with Crippen molar-refractivity contribution in [3.8, 4) is 0 Å². The quantitative estimate of drug-likeness (QED) is 0.548. The summed E-state index contributed by atoms with van der Waals surface area (Å²) in [5.41, 5.74) is 0. The molecule has 0 bridgehead atoms. The van der Waals surface area contributed by atoms with Gasteiger partial charge in [0.15, 0.2) is 0 Å². The molecule has 0 heterocycles. The van der Waals surface area contributed by atoms with Gasteiger partial charge < -0.3 is 0 Å². The molecular formula is C2H2Cl4GeO. The fourth-order valence-electron chi connectivity index (χ4n) is 0.158. The van der Waals surface area contributed by atoms with E-state index in [0.717, 1.165) is 0 Å². The van der Waals surface area contributed by atoms with Crippen LogP contribution in [0.3, 0.4) is 0 Å². The van der Waals surface area contributed by atoms with Crippen LogP contribution in [0.25, 0.3) is 0 Å². The summed E-state index contributed by atoms with van der Waals surface area (Å²) in [6, 6.07) is 0. The third-order valence-corrected chi connectivity index (χ3v) is 4.54. The van der Waals surface area contributed by atoms with Crippen LogP contribution in [0, 0.1) is 0 Å². The molecule has 0 atom stereocenters. The SMILES string of the molecule is O=C(Cl)[CH2][Ge]([Cl])([Cl])[Cl]. The first-order valence-electron chi connectivity index (χ1n) is 1.67. The van der Waals surface area contributed by atoms with Crippen LogP contribution in [-0.2, 0) is 4.79 Å². The molecular weight excluding hydrogens is 254 g/mol. The number of halogens is 4. The van der Waals surface area contributed by atoms with Gasteiger partial charge in [-0.05, 0) is 0 Å². The molecule has 6 heteroatoms. The predicted molar refractivity (Wildman–Crippen MR) is 39.0 cm³/mol. The van der Waals surface area contributed by atoms with Crippen molar-refractivity contribution in [1.82, 2.24) is 0 Å². The summed E-state index contributed by atoms with van der Waals surface area (Å²) < 4.78 is 0. The summed E-state index contributed by atoms with van der Waals surface area (Å²) in [7, 11) is 12.8. The second-order valence-corrected chi connectivity index (χ2v) is 18.0. The van der Waals surface area contributed by atoms with Crippen molar-refractivity contribution in [3.63, 3.8) is 0 Å². The average molecular weight is 256 g/mol. The Balaban J connectivity index is 3.55. The molecule has 8 heavy (non-hydrogen) atoms. The first kappa shape index (κ1) is 9.37. The summed E-state index contributed by atoms with van der Waals surface area (Å²) in [5, 5.41) is -0.628. The van der Waals surface area contributed by atoms with Gasteiger partial charge in [-0.1, -0.05) is 0 Å². The van der Waals surface area contributed by atoms with Crippen LogP contribution in [0.2, 0.25) is 5.25 Å². The van der Waals surface area contributed by atoms with Gasteiger partial charge in [0, 0.05) is 0 Å². The Bertz CT molecular complexity index is 96.7. The van der Waals surface area contributed by atoms with Crippen molar-refractivity contribution in [2.75, 3.05) is 0 Å². The first-order chi connectivity index (χ1) is 3.42. The van der Waals surface area contributed by atoms with Crippen molar-refractivity contribution < 1.29 is 4.79 Å². The van der Waals surface area contributed by atoms with E-state index in [0.29, 0.717) is 0 Å². The predicted octanol–water partition coefficient (Wildman–Crippen LogP) is 2.41. The molecule has 0 saturated heterocycles. The van der Waals surface area contributed by atoms with E-state index >= 15 is 0 Å². The van der Waals surface area contributed by atoms with E-state index in [9.17, 15) is 4.79 Å². The minimum atomic E-state index is -3.22. The van der Waals surface area contributed by atoms with Crippen molar-refractivity contribution >= 4 is 57.4 Å². The maximum atomic E-state index is 10.0. The molecule has 0 fully saturated rings. The summed E-state index contributed by atoms with van der Waals surface area (Å²) in [6.07, 6.45) is 0. The standard InChI is InChI=1S/C2H2Cl4GeO/c3-2(8)1-7(4,5)6/h1H2. The third-order valence-electron chi connectivity index (χ3n) is 0.339. The van der Waals surface area contributed by atoms with Gasteiger partial charge in [0.1, 0.15) is 0 Å². The zero-order valence-electron chi connectivity index (χ0n) is 3.63. The van der Waals surface area contributed by atoms with Crippen LogP contribution < -0.4 is 0 Å². The van der Waals surface area contributed by atoms with Crippen LogP contribution in [-0.4, -0.2) is 15.7 Å². The van der Waals surface area contributed by atoms with Crippen LogP contribution in [0.4, 0.5) is 0 Å². The van der Waals surface area contributed by atoms with E-state index in [1.165, 1.54) is 0 Å². The van der Waals surface area contributed by atoms with Crippen LogP contribution >= 0.6 is 41.6 Å². The second-order valence-electron chi connectivity index (χ2n) is 1.15. The monoisotopic (exact) mass is 256 g/mol. The Morgan fingerprint density at radius 2 is 1.75 bits per heavy atom. The van der Waals surface area contributed by atoms with Crippen molar-refractivity contribution in [2.45, 2.75) is 5.25 Å². The minimum absolute atomic E-state index is 0.0633. The molecule has 0 radical (unpaired) electrons. The van der Waals surface area contributed by atoms with Crippen molar-refractivity contribution in [2.24, 2.45) is 0 Å². The number of rotatable bonds is 2. The number of hydrogen-bond donors (Lipinski definition) is 0. The molecule has 0 saturated carbocycles. The molecule has 0 amide bonds. The van der Waals surface area contributed by atoms with E-state index in [-0.39, 0.29) is 5.25 Å². The molecule has 0 aromatic heterocycles. The van der Waals surface area contributed by atoms with E-state index in [1.807, 2.05) is 0 Å². The Morgan fingerprint density at radius 1 is 1.38 bits per heavy atom. The summed E-state index contributed by atoms with van der Waals surface area (Å²) in [6.45, 7) is 0. The third kappa shape index (κ3) is 7.37. The zero-order chi connectivity index (χ0) is 6.78. The Labute approximate surface area is 67.1 Å². The fraction of sp³-hybridized carbons (Fsp3) is 0.500. The number of hydrogen-bond acceptors (Lipinski definition) is 1. The molecule has 0 aliphatic carbocycles. The molecule has 0 aromatic rings. The molecule has 0 aliphatic heterocycles. The molecule has 0 aromatic carbocycles. The van der Waals surface area contributed by atoms with Gasteiger partial charge in [-0.15, -0.1) is 0 Å². The Morgan fingerprint density at radius 3 is 1.75 bits per heavy atom. The van der Waals surface area contributed by atoms with E-state index in [1.54, 1.807) is 0 Å². The van der Waals surface area contributed by atoms with Crippen LogP contribution in [0.1, 0.15) is 0 Å². The average Bonchev–Trinajstić information content (AvgIpc) is 1.21. The van der Waals surface area contributed by atoms with Gasteiger partial charge in [-0.3, -0.25) is 0 Å². The van der Waals surface area contributed by atoms with Crippen molar-refractivity contribution in [1.29, 1.82) is 0 Å². The molecule has 0 N–H and O–H groups in total. The molecule has 0 spiro atoms. The van der Waals surface area contributed by atoms with Gasteiger partial charge in [0.05, 0.1) is 0 Å². The Hall–Kier alpha value is 1.37. The van der Waals surface area contributed by atoms with E-state index in [4.69, 9.17) is 41.6 Å².